The van der Waals surface area contributed by atoms with E-state index in [-0.39, 0.29) is 6.61 Å². The molecule has 1 atom stereocenters. The van der Waals surface area contributed by atoms with E-state index in [0.29, 0.717) is 6.54 Å². The highest BCUT2D eigenvalue weighted by atomic mass is 16.5. The lowest BCUT2D eigenvalue weighted by Crippen LogP contribution is -2.37. The van der Waals surface area contributed by atoms with Crippen LogP contribution in [0.1, 0.15) is 37.5 Å². The molecule has 0 saturated carbocycles. The first kappa shape index (κ1) is 25.7. The molecule has 0 bridgehead atoms. The molecule has 1 unspecified atom stereocenters. The van der Waals surface area contributed by atoms with Crippen molar-refractivity contribution in [1.29, 1.82) is 0 Å². The molecule has 3 aromatic rings. The van der Waals surface area contributed by atoms with Crippen LogP contribution in [-0.4, -0.2) is 55.4 Å². The number of aliphatic hydroxyl groups is 1. The normalized spacial score (nSPS) is 13.0. The monoisotopic (exact) mass is 458 g/mol. The van der Waals surface area contributed by atoms with Crippen LogP contribution in [0.25, 0.3) is 11.1 Å². The molecule has 3 aromatic carbocycles. The highest BCUT2D eigenvalue weighted by molar-refractivity contribution is 5.97. The number of rotatable bonds is 13. The number of allylic oxidation sites excluding steroid dienone is 1. The molecule has 0 saturated heterocycles. The van der Waals surface area contributed by atoms with Crippen molar-refractivity contribution in [3.05, 3.63) is 102 Å². The van der Waals surface area contributed by atoms with Crippen LogP contribution >= 0.6 is 0 Å². The fourth-order valence-corrected chi connectivity index (χ4v) is 4.05. The number of hydrogen-bond donors (Lipinski definition) is 2. The second kappa shape index (κ2) is 13.7. The minimum absolute atomic E-state index is 0.266. The molecule has 0 aromatic heterocycles. The number of hydrogen-bond acceptors (Lipinski definition) is 4. The van der Waals surface area contributed by atoms with Crippen LogP contribution in [0.15, 0.2) is 84.9 Å². The van der Waals surface area contributed by atoms with E-state index in [1.165, 1.54) is 22.3 Å². The first-order chi connectivity index (χ1) is 16.6. The molecule has 2 N–H and O–H groups in total. The van der Waals surface area contributed by atoms with E-state index >= 15 is 0 Å². The number of nitrogens with one attached hydrogen (secondary N) is 1. The first-order valence-electron chi connectivity index (χ1n) is 12.3. The SMILES string of the molecule is CCN(CC)CCNCC(O)COc1ccc(/C(=C(\C)c2ccccc2)c2ccccc2)cc1. The molecule has 4 heteroatoms. The molecule has 180 valence electrons. The van der Waals surface area contributed by atoms with Gasteiger partial charge in [0.25, 0.3) is 0 Å². The van der Waals surface area contributed by atoms with Crippen LogP contribution in [0.4, 0.5) is 0 Å². The topological polar surface area (TPSA) is 44.7 Å². The largest absolute Gasteiger partial charge is 0.491 e. The molecule has 0 fully saturated rings. The summed E-state index contributed by atoms with van der Waals surface area (Å²) in [4.78, 5) is 2.36. The maximum Gasteiger partial charge on any atom is 0.119 e. The number of likely N-dealkylation sites (N-methyl/N-ethyl adjacent to an activating group) is 1. The fraction of sp³-hybridized carbons (Fsp3) is 0.333. The van der Waals surface area contributed by atoms with Gasteiger partial charge in [0.1, 0.15) is 18.5 Å². The van der Waals surface area contributed by atoms with Crippen LogP contribution < -0.4 is 10.1 Å². The lowest BCUT2D eigenvalue weighted by Gasteiger charge is -2.19. The van der Waals surface area contributed by atoms with E-state index in [4.69, 9.17) is 4.74 Å². The molecule has 0 aliphatic rings. The van der Waals surface area contributed by atoms with Gasteiger partial charge in [-0.2, -0.15) is 0 Å². The Labute approximate surface area is 204 Å². The Morgan fingerprint density at radius 2 is 1.38 bits per heavy atom. The molecule has 0 heterocycles. The van der Waals surface area contributed by atoms with Crippen molar-refractivity contribution >= 4 is 11.1 Å². The lowest BCUT2D eigenvalue weighted by atomic mass is 9.90. The van der Waals surface area contributed by atoms with Gasteiger partial charge in [-0.1, -0.05) is 86.6 Å². The average molecular weight is 459 g/mol. The quantitative estimate of drug-likeness (QED) is 0.268. The Kier molecular flexibility index (Phi) is 10.4. The van der Waals surface area contributed by atoms with Gasteiger partial charge in [0.15, 0.2) is 0 Å². The van der Waals surface area contributed by atoms with Crippen molar-refractivity contribution in [2.45, 2.75) is 26.9 Å². The first-order valence-corrected chi connectivity index (χ1v) is 12.3. The van der Waals surface area contributed by atoms with Gasteiger partial charge in [0, 0.05) is 19.6 Å². The summed E-state index contributed by atoms with van der Waals surface area (Å²) < 4.78 is 5.86. The van der Waals surface area contributed by atoms with Crippen LogP contribution in [0.5, 0.6) is 5.75 Å². The summed E-state index contributed by atoms with van der Waals surface area (Å²) >= 11 is 0. The van der Waals surface area contributed by atoms with E-state index < -0.39 is 6.10 Å². The summed E-state index contributed by atoms with van der Waals surface area (Å²) in [7, 11) is 0. The maximum atomic E-state index is 10.3. The highest BCUT2D eigenvalue weighted by Crippen LogP contribution is 2.32. The molecule has 0 aliphatic carbocycles. The molecule has 0 aliphatic heterocycles. The molecule has 3 rings (SSSR count). The fourth-order valence-electron chi connectivity index (χ4n) is 4.05. The molecular weight excluding hydrogens is 420 g/mol. The number of benzene rings is 3. The van der Waals surface area contributed by atoms with Gasteiger partial charge in [-0.3, -0.25) is 0 Å². The third-order valence-electron chi connectivity index (χ3n) is 6.11. The van der Waals surface area contributed by atoms with Gasteiger partial charge < -0.3 is 20.1 Å². The van der Waals surface area contributed by atoms with Crippen LogP contribution in [0.2, 0.25) is 0 Å². The van der Waals surface area contributed by atoms with E-state index in [1.54, 1.807) is 0 Å². The smallest absolute Gasteiger partial charge is 0.119 e. The van der Waals surface area contributed by atoms with Gasteiger partial charge in [0.2, 0.25) is 0 Å². The van der Waals surface area contributed by atoms with Gasteiger partial charge in [-0.15, -0.1) is 0 Å². The number of nitrogens with zero attached hydrogens (tertiary/aromatic N) is 1. The van der Waals surface area contributed by atoms with Gasteiger partial charge >= 0.3 is 0 Å². The second-order valence-electron chi connectivity index (χ2n) is 8.45. The number of ether oxygens (including phenoxy) is 1. The Morgan fingerprint density at radius 1 is 0.824 bits per heavy atom. The summed E-state index contributed by atoms with van der Waals surface area (Å²) in [5.74, 6) is 0.760. The summed E-state index contributed by atoms with van der Waals surface area (Å²) in [5.41, 5.74) is 5.96. The summed E-state index contributed by atoms with van der Waals surface area (Å²) in [6.45, 7) is 11.2. The third kappa shape index (κ3) is 7.56. The maximum absolute atomic E-state index is 10.3. The average Bonchev–Trinajstić information content (AvgIpc) is 2.89. The predicted molar refractivity (Wildman–Crippen MR) is 143 cm³/mol. The Balaban J connectivity index is 1.64. The summed E-state index contributed by atoms with van der Waals surface area (Å²) in [6.07, 6.45) is -0.545. The zero-order valence-corrected chi connectivity index (χ0v) is 20.7. The van der Waals surface area contributed by atoms with Gasteiger partial charge in [0.05, 0.1) is 0 Å². The van der Waals surface area contributed by atoms with Gasteiger partial charge in [-0.25, -0.2) is 0 Å². The molecule has 34 heavy (non-hydrogen) atoms. The van der Waals surface area contributed by atoms with Crippen molar-refractivity contribution in [2.75, 3.05) is 39.3 Å². The van der Waals surface area contributed by atoms with E-state index in [1.807, 2.05) is 24.3 Å². The number of aliphatic hydroxyl groups excluding tert-OH is 1. The Bertz CT molecular complexity index is 997. The minimum atomic E-state index is -0.545. The van der Waals surface area contributed by atoms with Gasteiger partial charge in [-0.05, 0) is 60.0 Å². The minimum Gasteiger partial charge on any atom is -0.491 e. The second-order valence-corrected chi connectivity index (χ2v) is 8.45. The van der Waals surface area contributed by atoms with Crippen LogP contribution in [0.3, 0.4) is 0 Å². The van der Waals surface area contributed by atoms with Crippen molar-refractivity contribution in [3.63, 3.8) is 0 Å². The zero-order valence-electron chi connectivity index (χ0n) is 20.7. The lowest BCUT2D eigenvalue weighted by molar-refractivity contribution is 0.106. The van der Waals surface area contributed by atoms with Crippen molar-refractivity contribution in [3.8, 4) is 5.75 Å². The molecule has 0 radical (unpaired) electrons. The van der Waals surface area contributed by atoms with Crippen LogP contribution in [0, 0.1) is 0 Å². The molecule has 0 amide bonds. The Morgan fingerprint density at radius 3 is 1.97 bits per heavy atom. The zero-order chi connectivity index (χ0) is 24.2. The van der Waals surface area contributed by atoms with E-state index in [2.05, 4.69) is 91.7 Å². The van der Waals surface area contributed by atoms with Crippen molar-refractivity contribution < 1.29 is 9.84 Å². The standard InChI is InChI=1S/C30H38N2O2/c1-4-32(5-2)21-20-31-22-28(33)23-34-29-18-16-27(17-19-29)30(26-14-10-7-11-15-26)24(3)25-12-8-6-9-13-25/h6-19,28,31,33H,4-5,20-23H2,1-3H3/b30-24+. The Hall–Kier alpha value is -2.92. The molecule has 4 nitrogen and oxygen atoms in total. The van der Waals surface area contributed by atoms with Crippen LogP contribution in [-0.2, 0) is 0 Å². The summed E-state index contributed by atoms with van der Waals surface area (Å²) in [5, 5.41) is 13.6. The summed E-state index contributed by atoms with van der Waals surface area (Å²) in [6, 6.07) is 29.1. The van der Waals surface area contributed by atoms with E-state index in [9.17, 15) is 5.11 Å². The van der Waals surface area contributed by atoms with E-state index in [0.717, 1.165) is 37.5 Å². The molecular formula is C30H38N2O2. The third-order valence-corrected chi connectivity index (χ3v) is 6.11. The predicted octanol–water partition coefficient (Wildman–Crippen LogP) is 5.34. The highest BCUT2D eigenvalue weighted by Gasteiger charge is 2.11. The van der Waals surface area contributed by atoms with Crippen molar-refractivity contribution in [2.24, 2.45) is 0 Å². The molecule has 0 spiro atoms. The van der Waals surface area contributed by atoms with Crippen molar-refractivity contribution in [1.82, 2.24) is 10.2 Å².